The molecule has 1 aliphatic heterocycles. The van der Waals surface area contributed by atoms with E-state index in [4.69, 9.17) is 4.74 Å². The van der Waals surface area contributed by atoms with Gasteiger partial charge >= 0.3 is 0 Å². The molecule has 1 aliphatic rings. The van der Waals surface area contributed by atoms with E-state index in [2.05, 4.69) is 9.88 Å². The summed E-state index contributed by atoms with van der Waals surface area (Å²) in [5.74, 6) is -0.437. The van der Waals surface area contributed by atoms with Gasteiger partial charge in [-0.2, -0.15) is 4.39 Å². The Morgan fingerprint density at radius 2 is 2.31 bits per heavy atom. The Bertz CT molecular complexity index is 282. The average molecular weight is 182 g/mol. The number of nitrogens with zero attached hydrogens (tertiary/aromatic N) is 2. The maximum atomic E-state index is 12.5. The Balaban J connectivity index is 1.99. The number of ether oxygens (including phenoxy) is 1. The SMILES string of the molecule is COC1CN(c2ccc(F)nc2)C1. The second-order valence-electron chi connectivity index (χ2n) is 3.10. The van der Waals surface area contributed by atoms with Crippen molar-refractivity contribution in [3.63, 3.8) is 0 Å². The Labute approximate surface area is 76.1 Å². The van der Waals surface area contributed by atoms with Gasteiger partial charge < -0.3 is 9.64 Å². The summed E-state index contributed by atoms with van der Waals surface area (Å²) in [5.41, 5.74) is 0.953. The lowest BCUT2D eigenvalue weighted by Crippen LogP contribution is -2.51. The van der Waals surface area contributed by atoms with Gasteiger partial charge in [-0.15, -0.1) is 0 Å². The van der Waals surface area contributed by atoms with Gasteiger partial charge in [-0.1, -0.05) is 0 Å². The number of halogens is 1. The lowest BCUT2D eigenvalue weighted by Gasteiger charge is -2.39. The van der Waals surface area contributed by atoms with Crippen molar-refractivity contribution in [2.45, 2.75) is 6.10 Å². The number of rotatable bonds is 2. The summed E-state index contributed by atoms with van der Waals surface area (Å²) in [6, 6.07) is 3.10. The normalized spacial score (nSPS) is 17.2. The third-order valence-corrected chi connectivity index (χ3v) is 2.26. The Kier molecular flexibility index (Phi) is 2.14. The number of hydrogen-bond donors (Lipinski definition) is 0. The van der Waals surface area contributed by atoms with Gasteiger partial charge in [0.25, 0.3) is 0 Å². The van der Waals surface area contributed by atoms with Gasteiger partial charge in [-0.05, 0) is 12.1 Å². The molecule has 0 bridgehead atoms. The molecule has 0 aromatic carbocycles. The van der Waals surface area contributed by atoms with Crippen LogP contribution < -0.4 is 4.90 Å². The van der Waals surface area contributed by atoms with Crippen LogP contribution in [0.25, 0.3) is 0 Å². The van der Waals surface area contributed by atoms with E-state index >= 15 is 0 Å². The Morgan fingerprint density at radius 3 is 2.85 bits per heavy atom. The fraction of sp³-hybridized carbons (Fsp3) is 0.444. The zero-order valence-electron chi connectivity index (χ0n) is 7.40. The Morgan fingerprint density at radius 1 is 1.54 bits per heavy atom. The highest BCUT2D eigenvalue weighted by Crippen LogP contribution is 2.20. The van der Waals surface area contributed by atoms with Crippen molar-refractivity contribution in [1.29, 1.82) is 0 Å². The Hall–Kier alpha value is -1.16. The fourth-order valence-electron chi connectivity index (χ4n) is 1.35. The van der Waals surface area contributed by atoms with Crippen molar-refractivity contribution in [2.24, 2.45) is 0 Å². The van der Waals surface area contributed by atoms with Gasteiger partial charge in [0.1, 0.15) is 0 Å². The van der Waals surface area contributed by atoms with Crippen molar-refractivity contribution in [2.75, 3.05) is 25.1 Å². The lowest BCUT2D eigenvalue weighted by molar-refractivity contribution is 0.0787. The molecular weight excluding hydrogens is 171 g/mol. The molecule has 70 valence electrons. The van der Waals surface area contributed by atoms with E-state index in [0.717, 1.165) is 18.8 Å². The van der Waals surface area contributed by atoms with Crippen LogP contribution in [0.1, 0.15) is 0 Å². The molecule has 0 amide bonds. The monoisotopic (exact) mass is 182 g/mol. The van der Waals surface area contributed by atoms with Gasteiger partial charge in [0, 0.05) is 20.2 Å². The molecule has 2 rings (SSSR count). The van der Waals surface area contributed by atoms with Crippen molar-refractivity contribution >= 4 is 5.69 Å². The second-order valence-corrected chi connectivity index (χ2v) is 3.10. The van der Waals surface area contributed by atoms with E-state index in [0.29, 0.717) is 6.10 Å². The molecule has 0 unspecified atom stereocenters. The molecular formula is C9H11FN2O. The third-order valence-electron chi connectivity index (χ3n) is 2.26. The summed E-state index contributed by atoms with van der Waals surface area (Å²) in [6.45, 7) is 1.73. The largest absolute Gasteiger partial charge is 0.378 e. The minimum atomic E-state index is -0.437. The van der Waals surface area contributed by atoms with Crippen LogP contribution in [0, 0.1) is 5.95 Å². The summed E-state index contributed by atoms with van der Waals surface area (Å²) in [4.78, 5) is 5.68. The first-order valence-electron chi connectivity index (χ1n) is 4.19. The summed E-state index contributed by atoms with van der Waals surface area (Å²) < 4.78 is 17.6. The van der Waals surface area contributed by atoms with E-state index in [1.54, 1.807) is 19.4 Å². The number of aromatic nitrogens is 1. The summed E-state index contributed by atoms with van der Waals surface area (Å²) in [5, 5.41) is 0. The first-order valence-corrected chi connectivity index (χ1v) is 4.19. The van der Waals surface area contributed by atoms with E-state index in [9.17, 15) is 4.39 Å². The average Bonchev–Trinajstić information content (AvgIpc) is 2.06. The molecule has 13 heavy (non-hydrogen) atoms. The molecule has 0 aliphatic carbocycles. The lowest BCUT2D eigenvalue weighted by atomic mass is 10.1. The fourth-order valence-corrected chi connectivity index (χ4v) is 1.35. The zero-order valence-corrected chi connectivity index (χ0v) is 7.40. The van der Waals surface area contributed by atoms with Crippen LogP contribution in [0.15, 0.2) is 18.3 Å². The van der Waals surface area contributed by atoms with Gasteiger partial charge in [0.15, 0.2) is 0 Å². The predicted molar refractivity (Wildman–Crippen MR) is 47.2 cm³/mol. The molecule has 0 saturated carbocycles. The molecule has 1 saturated heterocycles. The molecule has 4 heteroatoms. The topological polar surface area (TPSA) is 25.4 Å². The minimum Gasteiger partial charge on any atom is -0.378 e. The first-order chi connectivity index (χ1) is 6.29. The van der Waals surface area contributed by atoms with Gasteiger partial charge in [-0.25, -0.2) is 4.98 Å². The molecule has 2 heterocycles. The van der Waals surface area contributed by atoms with Crippen LogP contribution in [0.3, 0.4) is 0 Å². The molecule has 3 nitrogen and oxygen atoms in total. The highest BCUT2D eigenvalue weighted by Gasteiger charge is 2.26. The standard InChI is InChI=1S/C9H11FN2O/c1-13-8-5-12(6-8)7-2-3-9(10)11-4-7/h2-4,8H,5-6H2,1H3. The maximum Gasteiger partial charge on any atom is 0.212 e. The van der Waals surface area contributed by atoms with Gasteiger partial charge in [0.05, 0.1) is 18.0 Å². The van der Waals surface area contributed by atoms with Crippen molar-refractivity contribution in [3.8, 4) is 0 Å². The van der Waals surface area contributed by atoms with Crippen LogP contribution in [-0.2, 0) is 4.74 Å². The predicted octanol–water partition coefficient (Wildman–Crippen LogP) is 1.06. The van der Waals surface area contributed by atoms with Crippen molar-refractivity contribution < 1.29 is 9.13 Å². The molecule has 0 atom stereocenters. The number of methoxy groups -OCH3 is 1. The summed E-state index contributed by atoms with van der Waals surface area (Å²) in [7, 11) is 1.70. The summed E-state index contributed by atoms with van der Waals surface area (Å²) >= 11 is 0. The van der Waals surface area contributed by atoms with E-state index < -0.39 is 5.95 Å². The molecule has 1 fully saturated rings. The highest BCUT2D eigenvalue weighted by molar-refractivity contribution is 5.46. The maximum absolute atomic E-state index is 12.5. The van der Waals surface area contributed by atoms with Crippen LogP contribution >= 0.6 is 0 Å². The second kappa shape index (κ2) is 3.30. The molecule has 0 N–H and O–H groups in total. The van der Waals surface area contributed by atoms with Crippen molar-refractivity contribution in [1.82, 2.24) is 4.98 Å². The number of anilines is 1. The third kappa shape index (κ3) is 1.62. The van der Waals surface area contributed by atoms with Crippen LogP contribution in [0.2, 0.25) is 0 Å². The zero-order chi connectivity index (χ0) is 9.26. The molecule has 0 radical (unpaired) electrons. The summed E-state index contributed by atoms with van der Waals surface area (Å²) in [6.07, 6.45) is 1.85. The van der Waals surface area contributed by atoms with Crippen molar-refractivity contribution in [3.05, 3.63) is 24.3 Å². The first kappa shape index (κ1) is 8.44. The molecule has 0 spiro atoms. The molecule has 1 aromatic heterocycles. The van der Waals surface area contributed by atoms with Crippen LogP contribution in [-0.4, -0.2) is 31.3 Å². The van der Waals surface area contributed by atoms with Gasteiger partial charge in [0.2, 0.25) is 5.95 Å². The number of hydrogen-bond acceptors (Lipinski definition) is 3. The minimum absolute atomic E-state index is 0.310. The van der Waals surface area contributed by atoms with E-state index in [1.165, 1.54) is 6.07 Å². The quantitative estimate of drug-likeness (QED) is 0.639. The highest BCUT2D eigenvalue weighted by atomic mass is 19.1. The van der Waals surface area contributed by atoms with Crippen LogP contribution in [0.4, 0.5) is 10.1 Å². The number of pyridine rings is 1. The molecule has 1 aromatic rings. The van der Waals surface area contributed by atoms with Crippen LogP contribution in [0.5, 0.6) is 0 Å². The van der Waals surface area contributed by atoms with E-state index in [1.807, 2.05) is 0 Å². The van der Waals surface area contributed by atoms with E-state index in [-0.39, 0.29) is 0 Å². The smallest absolute Gasteiger partial charge is 0.212 e. The van der Waals surface area contributed by atoms with Gasteiger partial charge in [-0.3, -0.25) is 0 Å².